The van der Waals surface area contributed by atoms with E-state index in [4.69, 9.17) is 16.0 Å². The highest BCUT2D eigenvalue weighted by Crippen LogP contribution is 2.43. The van der Waals surface area contributed by atoms with Gasteiger partial charge in [-0.2, -0.15) is 5.10 Å². The Labute approximate surface area is 172 Å². The molecule has 1 unspecified atom stereocenters. The number of fused-ring (bicyclic) bond motifs is 1. The highest BCUT2D eigenvalue weighted by Gasteiger charge is 2.42. The topological polar surface area (TPSA) is 62.1 Å². The first-order valence-electron chi connectivity index (χ1n) is 9.36. The van der Waals surface area contributed by atoms with Gasteiger partial charge in [-0.25, -0.2) is 0 Å². The molecule has 0 aliphatic carbocycles. The fourth-order valence-corrected chi connectivity index (χ4v) is 3.98. The molecule has 2 aromatic heterocycles. The van der Waals surface area contributed by atoms with E-state index in [0.29, 0.717) is 17.3 Å². The van der Waals surface area contributed by atoms with Crippen LogP contribution in [-0.2, 0) is 6.54 Å². The number of nitrogens with zero attached hydrogens (tertiary/aromatic N) is 2. The summed E-state index contributed by atoms with van der Waals surface area (Å²) in [6.07, 6.45) is 1.62. The maximum Gasteiger partial charge on any atom is 0.273 e. The number of H-pyrrole nitrogens is 1. The second-order valence-corrected chi connectivity index (χ2v) is 7.63. The zero-order chi connectivity index (χ0) is 20.0. The molecule has 1 aliphatic rings. The zero-order valence-electron chi connectivity index (χ0n) is 15.7. The van der Waals surface area contributed by atoms with E-state index in [1.54, 1.807) is 6.26 Å². The van der Waals surface area contributed by atoms with Crippen molar-refractivity contribution in [3.05, 3.63) is 100 Å². The number of carbonyl (C=O) groups excluding carboxylic acids is 1. The van der Waals surface area contributed by atoms with Gasteiger partial charge in [0.05, 0.1) is 24.5 Å². The number of hydrogen-bond acceptors (Lipinski definition) is 3. The third kappa shape index (κ3) is 3.04. The molecule has 1 aliphatic heterocycles. The fraction of sp³-hybridized carbons (Fsp3) is 0.130. The lowest BCUT2D eigenvalue weighted by atomic mass is 9.95. The van der Waals surface area contributed by atoms with Gasteiger partial charge in [-0.1, -0.05) is 53.6 Å². The van der Waals surface area contributed by atoms with Crippen LogP contribution >= 0.6 is 11.6 Å². The van der Waals surface area contributed by atoms with Gasteiger partial charge in [0.15, 0.2) is 0 Å². The first kappa shape index (κ1) is 17.8. The van der Waals surface area contributed by atoms with Gasteiger partial charge in [0.1, 0.15) is 11.5 Å². The first-order chi connectivity index (χ1) is 14.1. The third-order valence-electron chi connectivity index (χ3n) is 5.28. The van der Waals surface area contributed by atoms with E-state index in [-0.39, 0.29) is 11.9 Å². The van der Waals surface area contributed by atoms with Crippen LogP contribution in [0.5, 0.6) is 0 Å². The average molecular weight is 404 g/mol. The number of nitrogens with one attached hydrogen (secondary N) is 1. The normalized spacial score (nSPS) is 15.7. The molecular weight excluding hydrogens is 386 g/mol. The predicted octanol–water partition coefficient (Wildman–Crippen LogP) is 5.38. The lowest BCUT2D eigenvalue weighted by molar-refractivity contribution is 0.0717. The Morgan fingerprint density at radius 2 is 1.86 bits per heavy atom. The summed E-state index contributed by atoms with van der Waals surface area (Å²) in [7, 11) is 0. The summed E-state index contributed by atoms with van der Waals surface area (Å²) in [6.45, 7) is 2.43. The van der Waals surface area contributed by atoms with E-state index < -0.39 is 0 Å². The number of aryl methyl sites for hydroxylation is 1. The molecule has 2 aromatic carbocycles. The quantitative estimate of drug-likeness (QED) is 0.497. The van der Waals surface area contributed by atoms with E-state index >= 15 is 0 Å². The third-order valence-corrected chi connectivity index (χ3v) is 5.53. The smallest absolute Gasteiger partial charge is 0.273 e. The number of aromatic nitrogens is 2. The van der Waals surface area contributed by atoms with Crippen molar-refractivity contribution in [2.24, 2.45) is 0 Å². The number of amides is 1. The molecule has 0 radical (unpaired) electrons. The summed E-state index contributed by atoms with van der Waals surface area (Å²) >= 11 is 6.05. The van der Waals surface area contributed by atoms with Crippen LogP contribution in [0.25, 0.3) is 11.3 Å². The van der Waals surface area contributed by atoms with Crippen molar-refractivity contribution in [1.29, 1.82) is 0 Å². The summed E-state index contributed by atoms with van der Waals surface area (Å²) in [6, 6.07) is 19.2. The number of carbonyl (C=O) groups is 1. The summed E-state index contributed by atoms with van der Waals surface area (Å²) in [5.41, 5.74) is 5.28. The summed E-state index contributed by atoms with van der Waals surface area (Å²) < 4.78 is 5.52. The monoisotopic (exact) mass is 403 g/mol. The number of hydrogen-bond donors (Lipinski definition) is 1. The van der Waals surface area contributed by atoms with Gasteiger partial charge in [-0.05, 0) is 36.8 Å². The van der Waals surface area contributed by atoms with Crippen LogP contribution < -0.4 is 0 Å². The number of rotatable bonds is 4. The van der Waals surface area contributed by atoms with Crippen LogP contribution in [0.2, 0.25) is 5.02 Å². The molecule has 29 heavy (non-hydrogen) atoms. The lowest BCUT2D eigenvalue weighted by Gasteiger charge is -2.25. The molecule has 0 saturated carbocycles. The molecule has 144 valence electrons. The molecule has 1 atom stereocenters. The maximum atomic E-state index is 13.3. The van der Waals surface area contributed by atoms with Crippen LogP contribution in [0.15, 0.2) is 71.3 Å². The van der Waals surface area contributed by atoms with Crippen LogP contribution in [-0.4, -0.2) is 21.0 Å². The van der Waals surface area contributed by atoms with E-state index in [0.717, 1.165) is 28.1 Å². The molecule has 5 nitrogen and oxygen atoms in total. The Kier molecular flexibility index (Phi) is 4.25. The van der Waals surface area contributed by atoms with Crippen LogP contribution in [0.1, 0.15) is 39.0 Å². The first-order valence-corrected chi connectivity index (χ1v) is 9.74. The van der Waals surface area contributed by atoms with Crippen molar-refractivity contribution in [1.82, 2.24) is 15.1 Å². The minimum absolute atomic E-state index is 0.0883. The van der Waals surface area contributed by atoms with Crippen LogP contribution in [0, 0.1) is 6.92 Å². The van der Waals surface area contributed by atoms with Crippen molar-refractivity contribution in [2.45, 2.75) is 19.5 Å². The number of benzene rings is 2. The van der Waals surface area contributed by atoms with Crippen molar-refractivity contribution in [2.75, 3.05) is 0 Å². The Hall–Kier alpha value is -3.31. The van der Waals surface area contributed by atoms with Crippen LogP contribution in [0.4, 0.5) is 0 Å². The molecule has 0 spiro atoms. The van der Waals surface area contributed by atoms with Crippen LogP contribution in [0.3, 0.4) is 0 Å². The van der Waals surface area contributed by atoms with Crippen molar-refractivity contribution in [3.8, 4) is 11.3 Å². The molecule has 4 aromatic rings. The predicted molar refractivity (Wildman–Crippen MR) is 111 cm³/mol. The number of furan rings is 1. The number of halogens is 1. The summed E-state index contributed by atoms with van der Waals surface area (Å²) in [4.78, 5) is 15.1. The Morgan fingerprint density at radius 3 is 2.55 bits per heavy atom. The van der Waals surface area contributed by atoms with E-state index in [2.05, 4.69) is 34.5 Å². The molecule has 5 rings (SSSR count). The second kappa shape index (κ2) is 6.94. The second-order valence-electron chi connectivity index (χ2n) is 7.19. The van der Waals surface area contributed by atoms with Gasteiger partial charge in [0, 0.05) is 16.1 Å². The molecule has 6 heteroatoms. The Morgan fingerprint density at radius 1 is 1.10 bits per heavy atom. The van der Waals surface area contributed by atoms with Crippen molar-refractivity contribution >= 4 is 17.5 Å². The fourth-order valence-electron chi connectivity index (χ4n) is 3.85. The largest absolute Gasteiger partial charge is 0.467 e. The summed E-state index contributed by atoms with van der Waals surface area (Å²) in [5, 5.41) is 8.10. The van der Waals surface area contributed by atoms with Crippen molar-refractivity contribution < 1.29 is 9.21 Å². The highest BCUT2D eigenvalue weighted by atomic mass is 35.5. The molecule has 0 bridgehead atoms. The average Bonchev–Trinajstić information content (AvgIpc) is 3.44. The zero-order valence-corrected chi connectivity index (χ0v) is 16.5. The molecule has 0 fully saturated rings. The minimum Gasteiger partial charge on any atom is -0.467 e. The molecule has 1 N–H and O–H groups in total. The summed E-state index contributed by atoms with van der Waals surface area (Å²) in [5.74, 6) is 0.649. The molecule has 3 heterocycles. The van der Waals surface area contributed by atoms with Gasteiger partial charge in [-0.3, -0.25) is 9.89 Å². The Balaban J connectivity index is 1.65. The van der Waals surface area contributed by atoms with Gasteiger partial charge in [-0.15, -0.1) is 0 Å². The van der Waals surface area contributed by atoms with E-state index in [1.807, 2.05) is 48.2 Å². The van der Waals surface area contributed by atoms with E-state index in [1.165, 1.54) is 5.56 Å². The number of aromatic amines is 1. The van der Waals surface area contributed by atoms with Gasteiger partial charge < -0.3 is 9.32 Å². The van der Waals surface area contributed by atoms with E-state index in [9.17, 15) is 4.79 Å². The highest BCUT2D eigenvalue weighted by molar-refractivity contribution is 6.30. The van der Waals surface area contributed by atoms with Gasteiger partial charge in [0.2, 0.25) is 0 Å². The lowest BCUT2D eigenvalue weighted by Crippen LogP contribution is -2.28. The minimum atomic E-state index is -0.257. The maximum absolute atomic E-state index is 13.3. The molecule has 0 saturated heterocycles. The van der Waals surface area contributed by atoms with Gasteiger partial charge >= 0.3 is 0 Å². The molecule has 1 amide bonds. The van der Waals surface area contributed by atoms with Gasteiger partial charge in [0.25, 0.3) is 5.91 Å². The molecular formula is C23H18ClN3O2. The Bertz CT molecular complexity index is 1160. The standard InChI is InChI=1S/C23H18ClN3O2/c1-14-4-6-16(7-5-14)22-19-20(15-8-10-17(24)11-9-15)25-26-21(19)23(28)27(22)13-18-3-2-12-29-18/h2-12,22H,13H2,1H3,(H,25,26). The van der Waals surface area contributed by atoms with Crippen molar-refractivity contribution in [3.63, 3.8) is 0 Å². The SMILES string of the molecule is Cc1ccc(C2c3c(-c4ccc(Cl)cc4)n[nH]c3C(=O)N2Cc2ccco2)cc1.